The van der Waals surface area contributed by atoms with E-state index in [0.29, 0.717) is 18.9 Å². The molecule has 2 saturated carbocycles. The summed E-state index contributed by atoms with van der Waals surface area (Å²) in [5, 5.41) is 3.00. The summed E-state index contributed by atoms with van der Waals surface area (Å²) in [7, 11) is 0. The van der Waals surface area contributed by atoms with Crippen LogP contribution < -0.4 is 5.32 Å². The number of hydrogen-bond acceptors (Lipinski definition) is 3. The lowest BCUT2D eigenvalue weighted by Crippen LogP contribution is -2.34. The maximum absolute atomic E-state index is 11.7. The molecule has 1 aromatic heterocycles. The first-order valence-corrected chi connectivity index (χ1v) is 8.30. The zero-order chi connectivity index (χ0) is 14.2. The van der Waals surface area contributed by atoms with Gasteiger partial charge in [-0.05, 0) is 37.5 Å². The van der Waals surface area contributed by atoms with Crippen LogP contribution in [0.15, 0.2) is 6.20 Å². The summed E-state index contributed by atoms with van der Waals surface area (Å²) in [6, 6.07) is 0. The molecule has 0 atom stereocenters. The Morgan fingerprint density at radius 2 is 2.05 bits per heavy atom. The molecule has 0 saturated heterocycles. The lowest BCUT2D eigenvalue weighted by atomic mass is 10.3. The van der Waals surface area contributed by atoms with Crippen molar-refractivity contribution in [2.45, 2.75) is 51.7 Å². The van der Waals surface area contributed by atoms with E-state index in [-0.39, 0.29) is 5.91 Å². The van der Waals surface area contributed by atoms with Crippen molar-refractivity contribution in [3.05, 3.63) is 17.7 Å². The molecular formula is C16H24N4O. The number of nitrogens with one attached hydrogen (secondary N) is 1. The second kappa shape index (κ2) is 5.44. The largest absolute Gasteiger partial charge is 0.350 e. The number of imidazole rings is 1. The van der Waals surface area contributed by atoms with Gasteiger partial charge in [0.2, 0.25) is 5.91 Å². The van der Waals surface area contributed by atoms with Gasteiger partial charge in [-0.3, -0.25) is 9.69 Å². The van der Waals surface area contributed by atoms with Crippen molar-refractivity contribution in [1.29, 1.82) is 0 Å². The van der Waals surface area contributed by atoms with Gasteiger partial charge in [0.05, 0.1) is 18.8 Å². The van der Waals surface area contributed by atoms with Crippen LogP contribution in [-0.4, -0.2) is 33.4 Å². The van der Waals surface area contributed by atoms with Crippen LogP contribution >= 0.6 is 0 Å². The van der Waals surface area contributed by atoms with Gasteiger partial charge in [0.25, 0.3) is 0 Å². The minimum Gasteiger partial charge on any atom is -0.350 e. The second-order valence-corrected chi connectivity index (χ2v) is 6.94. The monoisotopic (exact) mass is 288 g/mol. The van der Waals surface area contributed by atoms with Gasteiger partial charge in [0.1, 0.15) is 5.82 Å². The average molecular weight is 288 g/mol. The Hall–Kier alpha value is -1.36. The van der Waals surface area contributed by atoms with Gasteiger partial charge in [0.15, 0.2) is 0 Å². The third kappa shape index (κ3) is 3.46. The van der Waals surface area contributed by atoms with E-state index in [0.717, 1.165) is 37.1 Å². The van der Waals surface area contributed by atoms with Crippen LogP contribution in [0.4, 0.5) is 0 Å². The van der Waals surface area contributed by atoms with Crippen molar-refractivity contribution in [3.8, 4) is 0 Å². The van der Waals surface area contributed by atoms with E-state index >= 15 is 0 Å². The summed E-state index contributed by atoms with van der Waals surface area (Å²) in [4.78, 5) is 19.0. The molecule has 21 heavy (non-hydrogen) atoms. The highest BCUT2D eigenvalue weighted by Crippen LogP contribution is 2.32. The third-order valence-corrected chi connectivity index (χ3v) is 4.78. The maximum Gasteiger partial charge on any atom is 0.220 e. The smallest absolute Gasteiger partial charge is 0.220 e. The van der Waals surface area contributed by atoms with E-state index in [2.05, 4.69) is 21.0 Å². The molecule has 2 aliphatic carbocycles. The zero-order valence-corrected chi connectivity index (χ0v) is 12.6. The quantitative estimate of drug-likeness (QED) is 0.863. The SMILES string of the molecule is O=C(CC1CC1)NCc1cn2c(n1)CN(CC1CC1)CC2. The van der Waals surface area contributed by atoms with Crippen LogP contribution in [0, 0.1) is 11.8 Å². The van der Waals surface area contributed by atoms with Gasteiger partial charge >= 0.3 is 0 Å². The normalized spacial score (nSPS) is 22.1. The molecule has 1 aliphatic heterocycles. The van der Waals surface area contributed by atoms with Crippen molar-refractivity contribution in [3.63, 3.8) is 0 Å². The second-order valence-electron chi connectivity index (χ2n) is 6.94. The lowest BCUT2D eigenvalue weighted by molar-refractivity contribution is -0.121. The first-order chi connectivity index (χ1) is 10.3. The minimum atomic E-state index is 0.179. The molecule has 5 heteroatoms. The van der Waals surface area contributed by atoms with Crippen molar-refractivity contribution >= 4 is 5.91 Å². The highest BCUT2D eigenvalue weighted by molar-refractivity contribution is 5.76. The Balaban J connectivity index is 1.30. The summed E-state index contributed by atoms with van der Waals surface area (Å²) in [6.45, 7) is 4.94. The standard InChI is InChI=1S/C16H24N4O/c21-16(7-12-1-2-12)17-8-14-10-20-6-5-19(9-13-3-4-13)11-15(20)18-14/h10,12-13H,1-9,11H2,(H,17,21). The molecule has 0 unspecified atom stereocenters. The maximum atomic E-state index is 11.7. The number of nitrogens with zero attached hydrogens (tertiary/aromatic N) is 3. The minimum absolute atomic E-state index is 0.179. The number of carbonyl (C=O) groups excluding carboxylic acids is 1. The molecule has 4 rings (SSSR count). The summed E-state index contributed by atoms with van der Waals surface area (Å²) in [5.41, 5.74) is 1.00. The Labute approximate surface area is 125 Å². The molecule has 0 bridgehead atoms. The summed E-state index contributed by atoms with van der Waals surface area (Å²) in [6.07, 6.45) is 8.07. The predicted octanol–water partition coefficient (Wildman–Crippen LogP) is 1.52. The molecule has 2 heterocycles. The predicted molar refractivity (Wildman–Crippen MR) is 79.4 cm³/mol. The summed E-state index contributed by atoms with van der Waals surface area (Å²) >= 11 is 0. The first kappa shape index (κ1) is 13.3. The fourth-order valence-corrected chi connectivity index (χ4v) is 3.11. The molecule has 5 nitrogen and oxygen atoms in total. The molecular weight excluding hydrogens is 264 g/mol. The van der Waals surface area contributed by atoms with E-state index in [1.807, 2.05) is 0 Å². The fraction of sp³-hybridized carbons (Fsp3) is 0.750. The molecule has 0 radical (unpaired) electrons. The summed E-state index contributed by atoms with van der Waals surface area (Å²) in [5.74, 6) is 2.93. The van der Waals surface area contributed by atoms with E-state index in [1.165, 1.54) is 32.2 Å². The van der Waals surface area contributed by atoms with Crippen LogP contribution in [0.2, 0.25) is 0 Å². The van der Waals surface area contributed by atoms with Crippen molar-refractivity contribution < 1.29 is 4.79 Å². The highest BCUT2D eigenvalue weighted by Gasteiger charge is 2.27. The molecule has 1 N–H and O–H groups in total. The molecule has 0 spiro atoms. The fourth-order valence-electron chi connectivity index (χ4n) is 3.11. The van der Waals surface area contributed by atoms with Crippen molar-refractivity contribution in [1.82, 2.24) is 19.8 Å². The van der Waals surface area contributed by atoms with E-state index in [1.54, 1.807) is 0 Å². The van der Waals surface area contributed by atoms with Crippen LogP contribution in [0.5, 0.6) is 0 Å². The van der Waals surface area contributed by atoms with Gasteiger partial charge < -0.3 is 9.88 Å². The van der Waals surface area contributed by atoms with E-state index in [4.69, 9.17) is 4.98 Å². The third-order valence-electron chi connectivity index (χ3n) is 4.78. The number of rotatable bonds is 6. The Morgan fingerprint density at radius 1 is 1.24 bits per heavy atom. The van der Waals surface area contributed by atoms with Crippen LogP contribution in [0.1, 0.15) is 43.6 Å². The number of aromatic nitrogens is 2. The van der Waals surface area contributed by atoms with Crippen LogP contribution in [0.25, 0.3) is 0 Å². The van der Waals surface area contributed by atoms with Gasteiger partial charge in [-0.2, -0.15) is 0 Å². The Kier molecular flexibility index (Phi) is 3.45. The Bertz CT molecular complexity index is 530. The van der Waals surface area contributed by atoms with Crippen molar-refractivity contribution in [2.24, 2.45) is 11.8 Å². The number of carbonyl (C=O) groups is 1. The molecule has 3 aliphatic rings. The first-order valence-electron chi connectivity index (χ1n) is 8.30. The van der Waals surface area contributed by atoms with Crippen LogP contribution in [-0.2, 0) is 24.4 Å². The van der Waals surface area contributed by atoms with E-state index in [9.17, 15) is 4.79 Å². The Morgan fingerprint density at radius 3 is 2.81 bits per heavy atom. The van der Waals surface area contributed by atoms with Gasteiger partial charge in [-0.1, -0.05) is 0 Å². The topological polar surface area (TPSA) is 50.2 Å². The number of fused-ring (bicyclic) bond motifs is 1. The van der Waals surface area contributed by atoms with Crippen LogP contribution in [0.3, 0.4) is 0 Å². The zero-order valence-electron chi connectivity index (χ0n) is 12.6. The molecule has 0 aromatic carbocycles. The van der Waals surface area contributed by atoms with Crippen molar-refractivity contribution in [2.75, 3.05) is 13.1 Å². The average Bonchev–Trinajstić information content (AvgIpc) is 3.37. The molecule has 114 valence electrons. The molecule has 1 amide bonds. The number of hydrogen-bond donors (Lipinski definition) is 1. The molecule has 2 fully saturated rings. The molecule has 1 aromatic rings. The number of amides is 1. The lowest BCUT2D eigenvalue weighted by Gasteiger charge is -2.27. The van der Waals surface area contributed by atoms with Gasteiger partial charge in [-0.15, -0.1) is 0 Å². The summed E-state index contributed by atoms with van der Waals surface area (Å²) < 4.78 is 2.26. The van der Waals surface area contributed by atoms with Gasteiger partial charge in [0, 0.05) is 32.3 Å². The van der Waals surface area contributed by atoms with E-state index < -0.39 is 0 Å². The highest BCUT2D eigenvalue weighted by atomic mass is 16.1. The van der Waals surface area contributed by atoms with Gasteiger partial charge in [-0.25, -0.2) is 4.98 Å².